The second-order valence-corrected chi connectivity index (χ2v) is 5.66. The average molecular weight is 113 g/mol. The first-order valence-electron chi connectivity index (χ1n) is 1.37. The van der Waals surface area contributed by atoms with Gasteiger partial charge in [-0.05, 0) is 0 Å². The van der Waals surface area contributed by atoms with Crippen molar-refractivity contribution in [3.63, 3.8) is 0 Å². The molecule has 0 radical (unpaired) electrons. The molecule has 1 nitrogen and oxygen atoms in total. The van der Waals surface area contributed by atoms with Crippen molar-refractivity contribution in [2.45, 2.75) is 13.1 Å². The Morgan fingerprint density at radius 2 is 1.40 bits per heavy atom. The molecule has 0 aliphatic rings. The van der Waals surface area contributed by atoms with Crippen LogP contribution >= 0.6 is 11.1 Å². The van der Waals surface area contributed by atoms with E-state index in [1.54, 1.807) is 0 Å². The quantitative estimate of drug-likeness (QED) is 0.321. The van der Waals surface area contributed by atoms with Gasteiger partial charge in [0.15, 0.2) is 0 Å². The Labute approximate surface area is 38.6 Å². The molecule has 0 aromatic rings. The zero-order valence-corrected chi connectivity index (χ0v) is 5.37. The fourth-order valence-corrected chi connectivity index (χ4v) is 0. The molecule has 0 spiro atoms. The van der Waals surface area contributed by atoms with Crippen LogP contribution in [-0.4, -0.2) is 13.6 Å². The van der Waals surface area contributed by atoms with Crippen LogP contribution in [0.5, 0.6) is 0 Å². The summed E-state index contributed by atoms with van der Waals surface area (Å²) in [6.07, 6.45) is 0. The lowest BCUT2D eigenvalue weighted by Gasteiger charge is -1.72. The number of hydrogen-bond acceptors (Lipinski definition) is 0. The highest BCUT2D eigenvalue weighted by molar-refractivity contribution is 7.05. The maximum absolute atomic E-state index is 5.41. The van der Waals surface area contributed by atoms with Crippen molar-refractivity contribution < 1.29 is 5.48 Å². The number of rotatable bonds is 0. The molecule has 0 unspecified atom stereocenters. The van der Waals surface area contributed by atoms with Gasteiger partial charge in [-0.1, -0.05) is 13.1 Å². The predicted molar refractivity (Wildman–Crippen MR) is 28.3 cm³/mol. The van der Waals surface area contributed by atoms with Gasteiger partial charge in [0.1, 0.15) is 8.11 Å². The van der Waals surface area contributed by atoms with Gasteiger partial charge >= 0.3 is 0 Å². The van der Waals surface area contributed by atoms with Crippen LogP contribution < -0.4 is 0 Å². The second-order valence-electron chi connectivity index (χ2n) is 1.01. The fourth-order valence-electron chi connectivity index (χ4n) is 0. The van der Waals surface area contributed by atoms with Crippen LogP contribution in [0.15, 0.2) is 0 Å². The van der Waals surface area contributed by atoms with Crippen molar-refractivity contribution in [3.05, 3.63) is 0 Å². The summed E-state index contributed by atoms with van der Waals surface area (Å²) in [5, 5.41) is 0. The average Bonchev–Trinajstić information content (AvgIpc) is 0.811. The molecule has 0 saturated heterocycles. The lowest BCUT2D eigenvalue weighted by molar-refractivity contribution is 0.824. The van der Waals surface area contributed by atoms with Gasteiger partial charge < -0.3 is 5.48 Å². The lowest BCUT2D eigenvalue weighted by Crippen LogP contribution is -1.78. The summed E-state index contributed by atoms with van der Waals surface area (Å²) in [6.45, 7) is 4.14. The number of halogens is 1. The standard InChI is InChI=1S/C2H7ClSi.H2O/c1-4(2)3;/h4H,1-2H3;1H2. The smallest absolute Gasteiger partial charge is 0.134 e. The molecular weight excluding hydrogens is 104 g/mol. The molecule has 34 valence electrons. The van der Waals surface area contributed by atoms with E-state index in [1.165, 1.54) is 0 Å². The van der Waals surface area contributed by atoms with Crippen molar-refractivity contribution in [1.29, 1.82) is 0 Å². The maximum atomic E-state index is 5.41. The topological polar surface area (TPSA) is 31.5 Å². The first kappa shape index (κ1) is 9.08. The molecule has 3 heteroatoms. The highest BCUT2D eigenvalue weighted by Gasteiger charge is 1.76. The van der Waals surface area contributed by atoms with Crippen LogP contribution in [-0.2, 0) is 0 Å². The highest BCUT2D eigenvalue weighted by Crippen LogP contribution is 1.79. The summed E-state index contributed by atoms with van der Waals surface area (Å²) < 4.78 is 0. The molecule has 0 rings (SSSR count). The normalized spacial score (nSPS) is 7.20. The van der Waals surface area contributed by atoms with Crippen LogP contribution in [0.25, 0.3) is 0 Å². The van der Waals surface area contributed by atoms with Gasteiger partial charge in [-0.2, -0.15) is 11.1 Å². The lowest BCUT2D eigenvalue weighted by atomic mass is 11.9. The summed E-state index contributed by atoms with van der Waals surface area (Å²) in [5.74, 6) is 0. The Bertz CT molecular complexity index is 14.4. The van der Waals surface area contributed by atoms with Gasteiger partial charge in [-0.3, -0.25) is 0 Å². The van der Waals surface area contributed by atoms with Crippen molar-refractivity contribution in [2.75, 3.05) is 0 Å². The summed E-state index contributed by atoms with van der Waals surface area (Å²) in [7, 11) is -0.667. The predicted octanol–water partition coefficient (Wildman–Crippen LogP) is 0.384. The minimum Gasteiger partial charge on any atom is -0.412 e. The van der Waals surface area contributed by atoms with E-state index in [9.17, 15) is 0 Å². The van der Waals surface area contributed by atoms with Crippen molar-refractivity contribution in [1.82, 2.24) is 0 Å². The molecule has 0 amide bonds. The third-order valence-corrected chi connectivity index (χ3v) is 0. The van der Waals surface area contributed by atoms with Gasteiger partial charge in [-0.25, -0.2) is 0 Å². The van der Waals surface area contributed by atoms with Crippen LogP contribution in [0.1, 0.15) is 0 Å². The number of hydrogen-bond donors (Lipinski definition) is 0. The molecule has 2 N–H and O–H groups in total. The van der Waals surface area contributed by atoms with Crippen molar-refractivity contribution in [2.24, 2.45) is 0 Å². The monoisotopic (exact) mass is 112 g/mol. The Hall–Kier alpha value is 0.467. The van der Waals surface area contributed by atoms with Gasteiger partial charge in [0.05, 0.1) is 0 Å². The zero-order valence-electron chi connectivity index (χ0n) is 3.46. The molecular formula is C2H9ClOSi. The van der Waals surface area contributed by atoms with Gasteiger partial charge in [0.25, 0.3) is 0 Å². The highest BCUT2D eigenvalue weighted by atomic mass is 35.6. The molecule has 0 aromatic heterocycles. The SMILES string of the molecule is C[SiH](C)Cl.O. The van der Waals surface area contributed by atoms with E-state index in [1.807, 2.05) is 0 Å². The van der Waals surface area contributed by atoms with Crippen molar-refractivity contribution >= 4 is 19.2 Å². The van der Waals surface area contributed by atoms with Crippen LogP contribution in [0.4, 0.5) is 0 Å². The van der Waals surface area contributed by atoms with Crippen molar-refractivity contribution in [3.8, 4) is 0 Å². The summed E-state index contributed by atoms with van der Waals surface area (Å²) >= 11 is 5.41. The summed E-state index contributed by atoms with van der Waals surface area (Å²) in [6, 6.07) is 0. The third kappa shape index (κ3) is 125. The van der Waals surface area contributed by atoms with Gasteiger partial charge in [0, 0.05) is 0 Å². The largest absolute Gasteiger partial charge is 0.412 e. The Balaban J connectivity index is 0. The van der Waals surface area contributed by atoms with Crippen LogP contribution in [0.2, 0.25) is 13.1 Å². The van der Waals surface area contributed by atoms with E-state index in [4.69, 9.17) is 11.1 Å². The van der Waals surface area contributed by atoms with E-state index < -0.39 is 8.11 Å². The molecule has 0 aliphatic heterocycles. The second kappa shape index (κ2) is 4.47. The van der Waals surface area contributed by atoms with E-state index in [2.05, 4.69) is 13.1 Å². The van der Waals surface area contributed by atoms with Crippen LogP contribution in [0, 0.1) is 0 Å². The Kier molecular flexibility index (Phi) is 8.11. The van der Waals surface area contributed by atoms with E-state index in [0.29, 0.717) is 0 Å². The van der Waals surface area contributed by atoms with Gasteiger partial charge in [0.2, 0.25) is 0 Å². The molecule has 0 aromatic carbocycles. The van der Waals surface area contributed by atoms with Crippen LogP contribution in [0.3, 0.4) is 0 Å². The molecule has 0 atom stereocenters. The Morgan fingerprint density at radius 1 is 1.40 bits per heavy atom. The molecule has 0 bridgehead atoms. The fraction of sp³-hybridized carbons (Fsp3) is 1.00. The minimum absolute atomic E-state index is 0. The maximum Gasteiger partial charge on any atom is 0.134 e. The molecule has 0 aliphatic carbocycles. The Morgan fingerprint density at radius 3 is 1.40 bits per heavy atom. The molecule has 0 heterocycles. The zero-order chi connectivity index (χ0) is 3.58. The third-order valence-electron chi connectivity index (χ3n) is 0. The molecule has 0 fully saturated rings. The minimum atomic E-state index is -0.667. The van der Waals surface area contributed by atoms with E-state index in [-0.39, 0.29) is 5.48 Å². The molecule has 0 saturated carbocycles. The van der Waals surface area contributed by atoms with Gasteiger partial charge in [-0.15, -0.1) is 0 Å². The van der Waals surface area contributed by atoms with E-state index in [0.717, 1.165) is 0 Å². The first-order valence-corrected chi connectivity index (χ1v) is 5.43. The first-order chi connectivity index (χ1) is 1.73. The molecule has 5 heavy (non-hydrogen) atoms. The summed E-state index contributed by atoms with van der Waals surface area (Å²) in [4.78, 5) is 0. The summed E-state index contributed by atoms with van der Waals surface area (Å²) in [5.41, 5.74) is 0. The van der Waals surface area contributed by atoms with E-state index >= 15 is 0 Å².